The minimum Gasteiger partial charge on any atom is -0.496 e. The van der Waals surface area contributed by atoms with Crippen LogP contribution in [0.2, 0.25) is 5.02 Å². The van der Waals surface area contributed by atoms with Gasteiger partial charge in [-0.25, -0.2) is 15.4 Å². The monoisotopic (exact) mass is 264 g/mol. The number of hydrazine groups is 1. The lowest BCUT2D eigenvalue weighted by Crippen LogP contribution is -2.30. The molecule has 0 saturated carbocycles. The molecule has 0 aliphatic carbocycles. The molecule has 18 heavy (non-hydrogen) atoms. The molecule has 1 heterocycles. The van der Waals surface area contributed by atoms with Crippen molar-refractivity contribution in [2.24, 2.45) is 5.84 Å². The largest absolute Gasteiger partial charge is 0.496 e. The fourth-order valence-electron chi connectivity index (χ4n) is 1.69. The van der Waals surface area contributed by atoms with E-state index in [1.165, 1.54) is 0 Å². The molecule has 1 unspecified atom stereocenters. The number of hydrogen-bond acceptors (Lipinski definition) is 5. The molecule has 1 aromatic carbocycles. The molecule has 2 aromatic rings. The Bertz CT molecular complexity index is 521. The molecule has 1 aromatic heterocycles. The molecule has 0 aliphatic rings. The normalized spacial score (nSPS) is 12.2. The highest BCUT2D eigenvalue weighted by Crippen LogP contribution is 2.30. The molecule has 0 amide bonds. The first-order valence-corrected chi connectivity index (χ1v) is 5.70. The Morgan fingerprint density at radius 1 is 1.33 bits per heavy atom. The van der Waals surface area contributed by atoms with Crippen molar-refractivity contribution in [1.29, 1.82) is 0 Å². The topological polar surface area (TPSA) is 73.1 Å². The van der Waals surface area contributed by atoms with Crippen molar-refractivity contribution in [3.8, 4) is 5.75 Å². The van der Waals surface area contributed by atoms with E-state index in [0.717, 1.165) is 5.56 Å². The van der Waals surface area contributed by atoms with E-state index in [0.29, 0.717) is 16.6 Å². The Kier molecular flexibility index (Phi) is 4.09. The molecule has 0 aliphatic heterocycles. The number of benzene rings is 1. The quantitative estimate of drug-likeness (QED) is 0.649. The van der Waals surface area contributed by atoms with Gasteiger partial charge >= 0.3 is 0 Å². The van der Waals surface area contributed by atoms with Crippen LogP contribution in [0, 0.1) is 0 Å². The van der Waals surface area contributed by atoms with Crippen molar-refractivity contribution in [2.75, 3.05) is 7.11 Å². The number of nitrogens with zero attached hydrogens (tertiary/aromatic N) is 2. The Labute approximate surface area is 110 Å². The summed E-state index contributed by atoms with van der Waals surface area (Å²) in [5.74, 6) is 6.81. The molecular formula is C12H13ClN4O. The van der Waals surface area contributed by atoms with Crippen molar-refractivity contribution >= 4 is 11.6 Å². The van der Waals surface area contributed by atoms with E-state index in [-0.39, 0.29) is 6.04 Å². The molecule has 0 fully saturated rings. The lowest BCUT2D eigenvalue weighted by Gasteiger charge is -2.17. The Morgan fingerprint density at radius 3 is 2.67 bits per heavy atom. The van der Waals surface area contributed by atoms with Crippen LogP contribution in [-0.4, -0.2) is 17.1 Å². The lowest BCUT2D eigenvalue weighted by molar-refractivity contribution is 0.403. The van der Waals surface area contributed by atoms with Gasteiger partial charge in [0.2, 0.25) is 0 Å². The van der Waals surface area contributed by atoms with Crippen LogP contribution in [-0.2, 0) is 0 Å². The molecule has 2 rings (SSSR count). The van der Waals surface area contributed by atoms with Crippen molar-refractivity contribution in [1.82, 2.24) is 15.4 Å². The van der Waals surface area contributed by atoms with Gasteiger partial charge in [-0.3, -0.25) is 5.84 Å². The number of ether oxygens (including phenoxy) is 1. The van der Waals surface area contributed by atoms with E-state index >= 15 is 0 Å². The highest BCUT2D eigenvalue weighted by atomic mass is 35.5. The fourth-order valence-corrected chi connectivity index (χ4v) is 1.87. The molecule has 0 bridgehead atoms. The van der Waals surface area contributed by atoms with Gasteiger partial charge in [-0.2, -0.15) is 0 Å². The SMILES string of the molecule is COc1ccc(Cl)cc1C(NN)c1ncccn1. The summed E-state index contributed by atoms with van der Waals surface area (Å²) in [6, 6.07) is 6.68. The van der Waals surface area contributed by atoms with E-state index in [2.05, 4.69) is 15.4 Å². The van der Waals surface area contributed by atoms with Crippen LogP contribution in [0.5, 0.6) is 5.75 Å². The number of hydrogen-bond donors (Lipinski definition) is 2. The molecule has 1 atom stereocenters. The van der Waals surface area contributed by atoms with E-state index < -0.39 is 0 Å². The van der Waals surface area contributed by atoms with Crippen LogP contribution in [0.4, 0.5) is 0 Å². The molecule has 0 radical (unpaired) electrons. The van der Waals surface area contributed by atoms with Gasteiger partial charge in [0.05, 0.1) is 7.11 Å². The number of methoxy groups -OCH3 is 1. The summed E-state index contributed by atoms with van der Waals surface area (Å²) >= 11 is 6.00. The minimum absolute atomic E-state index is 0.375. The van der Waals surface area contributed by atoms with Crippen LogP contribution in [0.25, 0.3) is 0 Å². The van der Waals surface area contributed by atoms with E-state index in [1.807, 2.05) is 0 Å². The zero-order valence-corrected chi connectivity index (χ0v) is 10.6. The van der Waals surface area contributed by atoms with Crippen molar-refractivity contribution in [3.05, 3.63) is 53.1 Å². The second kappa shape index (κ2) is 5.77. The Morgan fingerprint density at radius 2 is 2.06 bits per heavy atom. The Hall–Kier alpha value is -1.69. The van der Waals surface area contributed by atoms with Gasteiger partial charge in [-0.05, 0) is 24.3 Å². The molecular weight excluding hydrogens is 252 g/mol. The standard InChI is InChI=1S/C12H13ClN4O/c1-18-10-4-3-8(13)7-9(10)11(17-14)12-15-5-2-6-16-12/h2-7,11,17H,14H2,1H3. The van der Waals surface area contributed by atoms with Gasteiger partial charge in [0.1, 0.15) is 11.8 Å². The average Bonchev–Trinajstić information content (AvgIpc) is 2.41. The molecule has 0 spiro atoms. The zero-order valence-electron chi connectivity index (χ0n) is 9.80. The predicted octanol–water partition coefficient (Wildman–Crippen LogP) is 1.69. The number of aromatic nitrogens is 2. The van der Waals surface area contributed by atoms with Gasteiger partial charge in [0.25, 0.3) is 0 Å². The first-order valence-electron chi connectivity index (χ1n) is 5.32. The summed E-state index contributed by atoms with van der Waals surface area (Å²) in [6.07, 6.45) is 3.31. The molecule has 3 N–H and O–H groups in total. The second-order valence-electron chi connectivity index (χ2n) is 3.59. The number of nitrogens with two attached hydrogens (primary N) is 1. The zero-order chi connectivity index (χ0) is 13.0. The molecule has 0 saturated heterocycles. The number of rotatable bonds is 4. The molecule has 6 heteroatoms. The van der Waals surface area contributed by atoms with Crippen LogP contribution in [0.1, 0.15) is 17.4 Å². The third-order valence-electron chi connectivity index (χ3n) is 2.51. The van der Waals surface area contributed by atoms with Crippen molar-refractivity contribution < 1.29 is 4.74 Å². The maximum absolute atomic E-state index is 6.00. The average molecular weight is 265 g/mol. The molecule has 94 valence electrons. The maximum atomic E-state index is 6.00. The lowest BCUT2D eigenvalue weighted by atomic mass is 10.1. The summed E-state index contributed by atoms with van der Waals surface area (Å²) in [7, 11) is 1.59. The third-order valence-corrected chi connectivity index (χ3v) is 2.75. The highest BCUT2D eigenvalue weighted by molar-refractivity contribution is 6.30. The predicted molar refractivity (Wildman–Crippen MR) is 69.2 cm³/mol. The number of halogens is 1. The van der Waals surface area contributed by atoms with E-state index in [4.69, 9.17) is 22.2 Å². The van der Waals surface area contributed by atoms with Gasteiger partial charge in [0.15, 0.2) is 5.82 Å². The van der Waals surface area contributed by atoms with Crippen molar-refractivity contribution in [2.45, 2.75) is 6.04 Å². The first-order chi connectivity index (χ1) is 8.76. The van der Waals surface area contributed by atoms with Crippen molar-refractivity contribution in [3.63, 3.8) is 0 Å². The molecule has 5 nitrogen and oxygen atoms in total. The number of nitrogens with one attached hydrogen (secondary N) is 1. The Balaban J connectivity index is 2.48. The summed E-state index contributed by atoms with van der Waals surface area (Å²) in [5, 5.41) is 0.599. The van der Waals surface area contributed by atoms with E-state index in [1.54, 1.807) is 43.8 Å². The summed E-state index contributed by atoms with van der Waals surface area (Å²) in [6.45, 7) is 0. The minimum atomic E-state index is -0.375. The van der Waals surface area contributed by atoms with Crippen LogP contribution in [0.15, 0.2) is 36.7 Å². The third kappa shape index (κ3) is 2.59. The second-order valence-corrected chi connectivity index (χ2v) is 4.03. The fraction of sp³-hybridized carbons (Fsp3) is 0.167. The van der Waals surface area contributed by atoms with Crippen LogP contribution in [0.3, 0.4) is 0 Å². The smallest absolute Gasteiger partial charge is 0.151 e. The summed E-state index contributed by atoms with van der Waals surface area (Å²) in [4.78, 5) is 8.36. The summed E-state index contributed by atoms with van der Waals surface area (Å²) in [5.41, 5.74) is 3.46. The van der Waals surface area contributed by atoms with Gasteiger partial charge in [0, 0.05) is 23.0 Å². The van der Waals surface area contributed by atoms with E-state index in [9.17, 15) is 0 Å². The maximum Gasteiger partial charge on any atom is 0.151 e. The van der Waals surface area contributed by atoms with Crippen LogP contribution < -0.4 is 16.0 Å². The van der Waals surface area contributed by atoms with Crippen LogP contribution >= 0.6 is 11.6 Å². The summed E-state index contributed by atoms with van der Waals surface area (Å²) < 4.78 is 5.29. The highest BCUT2D eigenvalue weighted by Gasteiger charge is 2.19. The first kappa shape index (κ1) is 12.8. The van der Waals surface area contributed by atoms with Gasteiger partial charge in [-0.15, -0.1) is 0 Å². The van der Waals surface area contributed by atoms with Gasteiger partial charge < -0.3 is 4.74 Å². The van der Waals surface area contributed by atoms with Gasteiger partial charge in [-0.1, -0.05) is 11.6 Å².